The van der Waals surface area contributed by atoms with Crippen molar-refractivity contribution in [2.75, 3.05) is 13.7 Å². The fourth-order valence-corrected chi connectivity index (χ4v) is 2.21. The lowest BCUT2D eigenvalue weighted by Crippen LogP contribution is -2.22. The molecule has 1 aliphatic rings. The molecule has 0 saturated carbocycles. The molecule has 3 heteroatoms. The first-order valence-corrected chi connectivity index (χ1v) is 6.45. The van der Waals surface area contributed by atoms with Crippen LogP contribution >= 0.6 is 0 Å². The van der Waals surface area contributed by atoms with Crippen LogP contribution in [-0.4, -0.2) is 31.7 Å². The quantitative estimate of drug-likeness (QED) is 0.641. The summed E-state index contributed by atoms with van der Waals surface area (Å²) in [6, 6.07) is 0. The zero-order valence-electron chi connectivity index (χ0n) is 10.5. The number of methoxy groups -OCH3 is 1. The van der Waals surface area contributed by atoms with Crippen molar-refractivity contribution in [3.05, 3.63) is 0 Å². The van der Waals surface area contributed by atoms with Crippen LogP contribution < -0.4 is 0 Å². The molecule has 2 atom stereocenters. The van der Waals surface area contributed by atoms with E-state index in [0.29, 0.717) is 12.5 Å². The summed E-state index contributed by atoms with van der Waals surface area (Å²) in [6.45, 7) is 2.97. The minimum Gasteiger partial charge on any atom is -0.378 e. The van der Waals surface area contributed by atoms with Crippen molar-refractivity contribution >= 4 is 5.78 Å². The third-order valence-corrected chi connectivity index (χ3v) is 3.17. The van der Waals surface area contributed by atoms with Gasteiger partial charge in [0.2, 0.25) is 0 Å². The zero-order valence-corrected chi connectivity index (χ0v) is 10.5. The Bertz CT molecular complexity index is 197. The van der Waals surface area contributed by atoms with Crippen LogP contribution in [0.4, 0.5) is 0 Å². The van der Waals surface area contributed by atoms with Gasteiger partial charge in [0.15, 0.2) is 5.78 Å². The summed E-state index contributed by atoms with van der Waals surface area (Å²) in [4.78, 5) is 11.8. The summed E-state index contributed by atoms with van der Waals surface area (Å²) in [7, 11) is 1.62. The SMILES string of the molecule is CCCC(OC)C(=O)CCCC1CCCO1. The second-order valence-corrected chi connectivity index (χ2v) is 4.51. The average molecular weight is 228 g/mol. The normalized spacial score (nSPS) is 22.2. The lowest BCUT2D eigenvalue weighted by molar-refractivity contribution is -0.129. The first kappa shape index (κ1) is 13.7. The van der Waals surface area contributed by atoms with Gasteiger partial charge in [-0.2, -0.15) is 0 Å². The Balaban J connectivity index is 2.12. The third-order valence-electron chi connectivity index (χ3n) is 3.17. The summed E-state index contributed by atoms with van der Waals surface area (Å²) >= 11 is 0. The smallest absolute Gasteiger partial charge is 0.161 e. The van der Waals surface area contributed by atoms with Gasteiger partial charge in [-0.15, -0.1) is 0 Å². The molecule has 3 nitrogen and oxygen atoms in total. The van der Waals surface area contributed by atoms with E-state index in [9.17, 15) is 4.79 Å². The molecule has 0 amide bonds. The fraction of sp³-hybridized carbons (Fsp3) is 0.923. The molecule has 1 fully saturated rings. The van der Waals surface area contributed by atoms with E-state index in [1.54, 1.807) is 7.11 Å². The van der Waals surface area contributed by atoms with Gasteiger partial charge in [0.1, 0.15) is 6.10 Å². The molecule has 1 aliphatic heterocycles. The number of carbonyl (C=O) groups excluding carboxylic acids is 1. The van der Waals surface area contributed by atoms with E-state index in [4.69, 9.17) is 9.47 Å². The van der Waals surface area contributed by atoms with Crippen molar-refractivity contribution in [2.45, 2.75) is 64.1 Å². The molecular weight excluding hydrogens is 204 g/mol. The van der Waals surface area contributed by atoms with Crippen molar-refractivity contribution in [1.82, 2.24) is 0 Å². The Kier molecular flexibility index (Phi) is 6.65. The number of ether oxygens (including phenoxy) is 2. The minimum atomic E-state index is -0.186. The molecule has 94 valence electrons. The molecule has 0 N–H and O–H groups in total. The van der Waals surface area contributed by atoms with Crippen molar-refractivity contribution in [3.8, 4) is 0 Å². The summed E-state index contributed by atoms with van der Waals surface area (Å²) in [5.41, 5.74) is 0. The first-order chi connectivity index (χ1) is 7.77. The van der Waals surface area contributed by atoms with E-state index < -0.39 is 0 Å². The highest BCUT2D eigenvalue weighted by Crippen LogP contribution is 2.18. The van der Waals surface area contributed by atoms with Gasteiger partial charge in [0.25, 0.3) is 0 Å². The van der Waals surface area contributed by atoms with E-state index in [-0.39, 0.29) is 11.9 Å². The molecule has 0 spiro atoms. The van der Waals surface area contributed by atoms with E-state index in [1.165, 1.54) is 6.42 Å². The van der Waals surface area contributed by atoms with Gasteiger partial charge >= 0.3 is 0 Å². The molecule has 1 rings (SSSR count). The maximum atomic E-state index is 11.8. The Labute approximate surface area is 98.5 Å². The van der Waals surface area contributed by atoms with Gasteiger partial charge in [-0.25, -0.2) is 0 Å². The zero-order chi connectivity index (χ0) is 11.8. The van der Waals surface area contributed by atoms with Crippen LogP contribution in [0.3, 0.4) is 0 Å². The van der Waals surface area contributed by atoms with Gasteiger partial charge in [0, 0.05) is 20.1 Å². The summed E-state index contributed by atoms with van der Waals surface area (Å²) < 4.78 is 10.7. The molecule has 0 aromatic heterocycles. The number of hydrogen-bond acceptors (Lipinski definition) is 3. The van der Waals surface area contributed by atoms with Crippen molar-refractivity contribution in [2.24, 2.45) is 0 Å². The molecule has 1 saturated heterocycles. The monoisotopic (exact) mass is 228 g/mol. The predicted octanol–water partition coefficient (Wildman–Crippen LogP) is 2.72. The van der Waals surface area contributed by atoms with Gasteiger partial charge in [-0.3, -0.25) is 4.79 Å². The standard InChI is InChI=1S/C13H24O3/c1-3-6-13(15-2)12(14)9-4-7-11-8-5-10-16-11/h11,13H,3-10H2,1-2H3. The number of Topliss-reactive ketones (excluding diaryl/α,β-unsaturated/α-hetero) is 1. The van der Waals surface area contributed by atoms with Gasteiger partial charge in [0.05, 0.1) is 6.10 Å². The van der Waals surface area contributed by atoms with Crippen molar-refractivity contribution in [3.63, 3.8) is 0 Å². The topological polar surface area (TPSA) is 35.5 Å². The molecule has 0 bridgehead atoms. The van der Waals surface area contributed by atoms with E-state index >= 15 is 0 Å². The van der Waals surface area contributed by atoms with Crippen LogP contribution in [0.1, 0.15) is 51.9 Å². The number of ketones is 1. The number of carbonyl (C=O) groups is 1. The summed E-state index contributed by atoms with van der Waals surface area (Å²) in [5.74, 6) is 0.252. The summed E-state index contributed by atoms with van der Waals surface area (Å²) in [5, 5.41) is 0. The maximum Gasteiger partial charge on any atom is 0.161 e. The van der Waals surface area contributed by atoms with Gasteiger partial charge in [-0.05, 0) is 32.1 Å². The molecule has 0 aromatic carbocycles. The molecule has 0 aliphatic carbocycles. The molecular formula is C13H24O3. The number of rotatable bonds is 8. The van der Waals surface area contributed by atoms with Gasteiger partial charge < -0.3 is 9.47 Å². The van der Waals surface area contributed by atoms with Crippen LogP contribution in [0.2, 0.25) is 0 Å². The Hall–Kier alpha value is -0.410. The van der Waals surface area contributed by atoms with Crippen LogP contribution in [0.5, 0.6) is 0 Å². The lowest BCUT2D eigenvalue weighted by atomic mass is 10.0. The third kappa shape index (κ3) is 4.62. The van der Waals surface area contributed by atoms with Crippen LogP contribution in [0.15, 0.2) is 0 Å². The average Bonchev–Trinajstić information content (AvgIpc) is 2.78. The molecule has 2 unspecified atom stereocenters. The van der Waals surface area contributed by atoms with Crippen LogP contribution in [0, 0.1) is 0 Å². The fourth-order valence-electron chi connectivity index (χ4n) is 2.21. The Morgan fingerprint density at radius 2 is 2.38 bits per heavy atom. The van der Waals surface area contributed by atoms with E-state index in [1.807, 2.05) is 0 Å². The maximum absolute atomic E-state index is 11.8. The Morgan fingerprint density at radius 1 is 1.56 bits per heavy atom. The van der Waals surface area contributed by atoms with Crippen molar-refractivity contribution < 1.29 is 14.3 Å². The highest BCUT2D eigenvalue weighted by molar-refractivity contribution is 5.82. The second kappa shape index (κ2) is 7.80. The molecule has 1 heterocycles. The van der Waals surface area contributed by atoms with Gasteiger partial charge in [-0.1, -0.05) is 13.3 Å². The Morgan fingerprint density at radius 3 is 2.94 bits per heavy atom. The van der Waals surface area contributed by atoms with Crippen LogP contribution in [-0.2, 0) is 14.3 Å². The van der Waals surface area contributed by atoms with E-state index in [2.05, 4.69) is 6.92 Å². The highest BCUT2D eigenvalue weighted by atomic mass is 16.5. The molecule has 0 aromatic rings. The van der Waals surface area contributed by atoms with Crippen LogP contribution in [0.25, 0.3) is 0 Å². The molecule has 0 radical (unpaired) electrons. The largest absolute Gasteiger partial charge is 0.378 e. The predicted molar refractivity (Wildman–Crippen MR) is 63.5 cm³/mol. The number of hydrogen-bond donors (Lipinski definition) is 0. The van der Waals surface area contributed by atoms with E-state index in [0.717, 1.165) is 38.7 Å². The summed E-state index contributed by atoms with van der Waals surface area (Å²) in [6.07, 6.45) is 6.99. The molecule has 16 heavy (non-hydrogen) atoms. The minimum absolute atomic E-state index is 0.186. The first-order valence-electron chi connectivity index (χ1n) is 6.45. The lowest BCUT2D eigenvalue weighted by Gasteiger charge is -2.13. The van der Waals surface area contributed by atoms with Crippen molar-refractivity contribution in [1.29, 1.82) is 0 Å². The second-order valence-electron chi connectivity index (χ2n) is 4.51. The highest BCUT2D eigenvalue weighted by Gasteiger charge is 2.18.